The van der Waals surface area contributed by atoms with Crippen molar-refractivity contribution < 1.29 is 29.5 Å². The Labute approximate surface area is 217 Å². The number of hydrazone groups is 1. The maximum Gasteiger partial charge on any atom is 0.228 e. The number of rotatable bonds is 9. The van der Waals surface area contributed by atoms with Crippen molar-refractivity contribution >= 4 is 29.1 Å². The van der Waals surface area contributed by atoms with Crippen LogP contribution in [0.1, 0.15) is 17.4 Å². The summed E-state index contributed by atoms with van der Waals surface area (Å²) in [4.78, 5) is 12.6. The summed E-state index contributed by atoms with van der Waals surface area (Å²) in [6, 6.07) is 15.2. The minimum atomic E-state index is -1.36. The van der Waals surface area contributed by atoms with E-state index in [0.29, 0.717) is 23.7 Å². The van der Waals surface area contributed by atoms with Gasteiger partial charge in [0.2, 0.25) is 5.95 Å². The third-order valence-corrected chi connectivity index (χ3v) is 6.08. The Bertz CT molecular complexity index is 1430. The number of nitrogens with two attached hydrogens (primary N) is 1. The number of methoxy groups -OCH3 is 1. The Morgan fingerprint density at radius 2 is 1.95 bits per heavy atom. The smallest absolute Gasteiger partial charge is 0.228 e. The average Bonchev–Trinajstić information content (AvgIpc) is 3.45. The second-order valence-electron chi connectivity index (χ2n) is 8.52. The van der Waals surface area contributed by atoms with Crippen LogP contribution < -0.4 is 20.6 Å². The molecule has 0 saturated carbocycles. The monoisotopic (exact) mass is 521 g/mol. The van der Waals surface area contributed by atoms with Crippen molar-refractivity contribution in [3.05, 3.63) is 66.0 Å². The van der Waals surface area contributed by atoms with Crippen molar-refractivity contribution in [1.82, 2.24) is 19.5 Å². The molecule has 1 saturated heterocycles. The molecule has 3 heterocycles. The number of benzene rings is 2. The number of nitrogens with zero attached hydrogens (tertiary/aromatic N) is 5. The Balaban J connectivity index is 1.37. The first kappa shape index (κ1) is 25.4. The van der Waals surface area contributed by atoms with Crippen molar-refractivity contribution in [2.45, 2.75) is 31.1 Å². The molecule has 0 unspecified atom stereocenters. The quantitative estimate of drug-likeness (QED) is 0.157. The molecule has 1 aliphatic heterocycles. The zero-order chi connectivity index (χ0) is 26.6. The van der Waals surface area contributed by atoms with E-state index in [1.54, 1.807) is 25.5 Å². The Morgan fingerprint density at radius 3 is 2.68 bits per heavy atom. The number of ether oxygens (including phenoxy) is 3. The molecule has 6 N–H and O–H groups in total. The zero-order valence-corrected chi connectivity index (χ0v) is 20.4. The lowest BCUT2D eigenvalue weighted by atomic mass is 10.1. The van der Waals surface area contributed by atoms with Gasteiger partial charge in [-0.15, -0.1) is 0 Å². The highest BCUT2D eigenvalue weighted by Gasteiger charge is 2.45. The largest absolute Gasteiger partial charge is 0.493 e. The lowest BCUT2D eigenvalue weighted by Gasteiger charge is -2.18. The predicted octanol–water partition coefficient (Wildman–Crippen LogP) is 1.05. The molecule has 1 fully saturated rings. The normalized spacial score (nSPS) is 21.3. The number of aliphatic hydroxyl groups is 3. The first-order chi connectivity index (χ1) is 18.5. The second-order valence-corrected chi connectivity index (χ2v) is 8.52. The fourth-order valence-electron chi connectivity index (χ4n) is 4.12. The molecule has 2 aromatic carbocycles. The number of imidazole rings is 1. The molecule has 0 amide bonds. The molecule has 38 heavy (non-hydrogen) atoms. The Morgan fingerprint density at radius 1 is 1.13 bits per heavy atom. The third-order valence-electron chi connectivity index (χ3n) is 6.08. The van der Waals surface area contributed by atoms with Crippen LogP contribution in [0, 0.1) is 0 Å². The number of nitrogen functional groups attached to an aromatic ring is 1. The van der Waals surface area contributed by atoms with Crippen LogP contribution in [-0.2, 0) is 11.3 Å². The van der Waals surface area contributed by atoms with Gasteiger partial charge >= 0.3 is 0 Å². The fourth-order valence-corrected chi connectivity index (χ4v) is 4.12. The number of hydrogen-bond donors (Lipinski definition) is 5. The standard InChI is InChI=1S/C25H27N7O6/c1-36-17-9-15(7-8-16(17)37-12-14-5-3-2-4-6-14)10-29-31-25-30-19-22(26)27-13-28-23(19)32(25)24-21(35)20(34)18(11-33)38-24/h2-10,13,18,20-21,24,33-35H,11-12H2,1H3,(H,30,31)(H2,26,27,28)/t18-,20+,21-,24+/m0/s1. The number of aliphatic hydroxyl groups excluding tert-OH is 3. The van der Waals surface area contributed by atoms with Crippen molar-refractivity contribution in [2.75, 3.05) is 24.9 Å². The Hall–Kier alpha value is -4.30. The average molecular weight is 522 g/mol. The van der Waals surface area contributed by atoms with Gasteiger partial charge in [-0.3, -0.25) is 4.57 Å². The fraction of sp³-hybridized carbons (Fsp3) is 0.280. The first-order valence-corrected chi connectivity index (χ1v) is 11.7. The summed E-state index contributed by atoms with van der Waals surface area (Å²) in [5.41, 5.74) is 11.0. The Kier molecular flexibility index (Phi) is 7.33. The van der Waals surface area contributed by atoms with Crippen molar-refractivity contribution in [3.8, 4) is 11.5 Å². The summed E-state index contributed by atoms with van der Waals surface area (Å²) in [5, 5.41) is 34.6. The van der Waals surface area contributed by atoms with Gasteiger partial charge in [-0.1, -0.05) is 30.3 Å². The highest BCUT2D eigenvalue weighted by Crippen LogP contribution is 2.35. The number of aromatic nitrogens is 4. The van der Waals surface area contributed by atoms with Crippen LogP contribution >= 0.6 is 0 Å². The van der Waals surface area contributed by atoms with Gasteiger partial charge in [0.25, 0.3) is 0 Å². The van der Waals surface area contributed by atoms with E-state index in [9.17, 15) is 15.3 Å². The number of nitrogens with one attached hydrogen (secondary N) is 1. The summed E-state index contributed by atoms with van der Waals surface area (Å²) in [5.74, 6) is 1.37. The van der Waals surface area contributed by atoms with E-state index < -0.39 is 31.1 Å². The highest BCUT2D eigenvalue weighted by molar-refractivity contribution is 5.85. The SMILES string of the molecule is COc1cc(C=NNc2nc3c(N)ncnc3n2[C@@H]2O[C@@H](CO)[C@@H](O)[C@@H]2O)ccc1OCc1ccccc1. The van der Waals surface area contributed by atoms with E-state index in [1.165, 1.54) is 10.9 Å². The molecule has 4 aromatic rings. The molecule has 1 aliphatic rings. The van der Waals surface area contributed by atoms with Gasteiger partial charge in [0.05, 0.1) is 19.9 Å². The van der Waals surface area contributed by atoms with Gasteiger partial charge < -0.3 is 35.3 Å². The summed E-state index contributed by atoms with van der Waals surface area (Å²) < 4.78 is 18.5. The van der Waals surface area contributed by atoms with E-state index in [4.69, 9.17) is 19.9 Å². The number of hydrogen-bond acceptors (Lipinski definition) is 12. The predicted molar refractivity (Wildman–Crippen MR) is 138 cm³/mol. The van der Waals surface area contributed by atoms with Crippen LogP contribution in [0.25, 0.3) is 11.2 Å². The molecule has 4 atom stereocenters. The van der Waals surface area contributed by atoms with E-state index in [-0.39, 0.29) is 22.9 Å². The summed E-state index contributed by atoms with van der Waals surface area (Å²) in [6.07, 6.45) is -1.98. The molecular formula is C25H27N7O6. The maximum atomic E-state index is 10.6. The molecular weight excluding hydrogens is 494 g/mol. The highest BCUT2D eigenvalue weighted by atomic mass is 16.6. The first-order valence-electron chi connectivity index (χ1n) is 11.7. The molecule has 13 nitrogen and oxygen atoms in total. The van der Waals surface area contributed by atoms with Gasteiger partial charge in [-0.25, -0.2) is 20.4 Å². The van der Waals surface area contributed by atoms with E-state index in [1.807, 2.05) is 36.4 Å². The van der Waals surface area contributed by atoms with Gasteiger partial charge in [0.1, 0.15) is 31.2 Å². The van der Waals surface area contributed by atoms with Crippen LogP contribution in [0.15, 0.2) is 60.0 Å². The summed E-state index contributed by atoms with van der Waals surface area (Å²) in [7, 11) is 1.55. The molecule has 0 bridgehead atoms. The topological polar surface area (TPSA) is 182 Å². The van der Waals surface area contributed by atoms with E-state index in [2.05, 4.69) is 25.5 Å². The molecule has 13 heteroatoms. The maximum absolute atomic E-state index is 10.6. The van der Waals surface area contributed by atoms with Gasteiger partial charge in [0.15, 0.2) is 34.7 Å². The minimum Gasteiger partial charge on any atom is -0.493 e. The molecule has 5 rings (SSSR count). The molecule has 0 spiro atoms. The van der Waals surface area contributed by atoms with E-state index >= 15 is 0 Å². The minimum absolute atomic E-state index is 0.114. The molecule has 2 aromatic heterocycles. The lowest BCUT2D eigenvalue weighted by Crippen LogP contribution is -2.33. The van der Waals surface area contributed by atoms with Gasteiger partial charge in [0, 0.05) is 0 Å². The van der Waals surface area contributed by atoms with Crippen LogP contribution in [0.5, 0.6) is 11.5 Å². The summed E-state index contributed by atoms with van der Waals surface area (Å²) >= 11 is 0. The van der Waals surface area contributed by atoms with Crippen molar-refractivity contribution in [3.63, 3.8) is 0 Å². The van der Waals surface area contributed by atoms with Gasteiger partial charge in [-0.2, -0.15) is 5.10 Å². The van der Waals surface area contributed by atoms with E-state index in [0.717, 1.165) is 5.56 Å². The van der Waals surface area contributed by atoms with Crippen LogP contribution in [0.3, 0.4) is 0 Å². The van der Waals surface area contributed by atoms with Crippen LogP contribution in [-0.4, -0.2) is 73.1 Å². The molecule has 0 radical (unpaired) electrons. The van der Waals surface area contributed by atoms with Crippen LogP contribution in [0.2, 0.25) is 0 Å². The second kappa shape index (κ2) is 11.0. The van der Waals surface area contributed by atoms with Crippen LogP contribution in [0.4, 0.5) is 11.8 Å². The van der Waals surface area contributed by atoms with Gasteiger partial charge in [-0.05, 0) is 29.3 Å². The summed E-state index contributed by atoms with van der Waals surface area (Å²) in [6.45, 7) is -0.0817. The van der Waals surface area contributed by atoms with Crippen molar-refractivity contribution in [1.29, 1.82) is 0 Å². The zero-order valence-electron chi connectivity index (χ0n) is 20.4. The number of fused-ring (bicyclic) bond motifs is 1. The lowest BCUT2D eigenvalue weighted by molar-refractivity contribution is -0.0501. The molecule has 0 aliphatic carbocycles. The molecule has 198 valence electrons. The third kappa shape index (κ3) is 4.95. The number of anilines is 2. The van der Waals surface area contributed by atoms with Crippen molar-refractivity contribution in [2.24, 2.45) is 5.10 Å².